The summed E-state index contributed by atoms with van der Waals surface area (Å²) in [4.78, 5) is 43.3. The number of morpholine rings is 1. The summed E-state index contributed by atoms with van der Waals surface area (Å²) in [6.45, 7) is 12.2. The van der Waals surface area contributed by atoms with Crippen LogP contribution < -0.4 is 5.32 Å². The number of carbonyl (C=O) groups is 3. The van der Waals surface area contributed by atoms with Gasteiger partial charge in [-0.05, 0) is 53.5 Å². The van der Waals surface area contributed by atoms with E-state index in [2.05, 4.69) is 10.2 Å². The molecule has 4 heterocycles. The normalized spacial score (nSPS) is 24.6. The van der Waals surface area contributed by atoms with Crippen molar-refractivity contribution in [2.45, 2.75) is 76.7 Å². The topological polar surface area (TPSA) is 97.4 Å². The van der Waals surface area contributed by atoms with Crippen molar-refractivity contribution >= 4 is 44.4 Å². The lowest BCUT2D eigenvalue weighted by Gasteiger charge is -2.44. The van der Waals surface area contributed by atoms with Gasteiger partial charge < -0.3 is 19.1 Å². The summed E-state index contributed by atoms with van der Waals surface area (Å²) < 4.78 is 18.0. The molecule has 0 bridgehead atoms. The molecule has 206 valence electrons. The Hall–Kier alpha value is -2.69. The van der Waals surface area contributed by atoms with Crippen LogP contribution >= 0.6 is 11.3 Å². The number of esters is 1. The fourth-order valence-electron chi connectivity index (χ4n) is 5.83. The highest BCUT2D eigenvalue weighted by Crippen LogP contribution is 2.40. The number of cyclic esters (lactones) is 1. The first-order chi connectivity index (χ1) is 17.9. The lowest BCUT2D eigenvalue weighted by Crippen LogP contribution is -2.59. The van der Waals surface area contributed by atoms with Crippen molar-refractivity contribution in [3.05, 3.63) is 29.8 Å². The van der Waals surface area contributed by atoms with Gasteiger partial charge in [-0.1, -0.05) is 18.2 Å². The molecule has 3 saturated heterocycles. The minimum absolute atomic E-state index is 0.0912. The highest BCUT2D eigenvalue weighted by atomic mass is 32.1. The van der Waals surface area contributed by atoms with E-state index in [9.17, 15) is 14.4 Å². The third-order valence-corrected chi connectivity index (χ3v) is 8.45. The Labute approximate surface area is 227 Å². The number of fused-ring (bicyclic) bond motifs is 1. The average Bonchev–Trinajstić information content (AvgIpc) is 3.29. The van der Waals surface area contributed by atoms with Crippen molar-refractivity contribution in [2.24, 2.45) is 0 Å². The summed E-state index contributed by atoms with van der Waals surface area (Å²) in [5, 5.41) is 4.15. The molecule has 1 N–H and O–H groups in total. The second-order valence-electron chi connectivity index (χ2n) is 12.1. The summed E-state index contributed by atoms with van der Waals surface area (Å²) >= 11 is 1.38. The summed E-state index contributed by atoms with van der Waals surface area (Å²) in [6.07, 6.45) is 1.58. The number of anilines is 1. The molecule has 9 nitrogen and oxygen atoms in total. The molecule has 1 aromatic heterocycles. The third-order valence-electron chi connectivity index (χ3n) is 7.36. The number of thiophene rings is 1. The van der Waals surface area contributed by atoms with Crippen LogP contribution in [0, 0.1) is 0 Å². The van der Waals surface area contributed by atoms with Gasteiger partial charge in [-0.3, -0.25) is 15.0 Å². The molecule has 5 rings (SSSR count). The number of amides is 2. The van der Waals surface area contributed by atoms with Crippen molar-refractivity contribution in [2.75, 3.05) is 38.1 Å². The van der Waals surface area contributed by atoms with E-state index in [1.807, 2.05) is 43.0 Å². The van der Waals surface area contributed by atoms with E-state index in [0.717, 1.165) is 29.5 Å². The van der Waals surface area contributed by atoms with Crippen LogP contribution in [0.2, 0.25) is 0 Å². The molecule has 0 saturated carbocycles. The minimum atomic E-state index is -0.896. The van der Waals surface area contributed by atoms with Crippen LogP contribution in [0.3, 0.4) is 0 Å². The van der Waals surface area contributed by atoms with Gasteiger partial charge in [0.15, 0.2) is 5.60 Å². The van der Waals surface area contributed by atoms with Gasteiger partial charge in [-0.2, -0.15) is 0 Å². The predicted molar refractivity (Wildman–Crippen MR) is 146 cm³/mol. The quantitative estimate of drug-likeness (QED) is 0.563. The Kier molecular flexibility index (Phi) is 6.94. The fraction of sp³-hybridized carbons (Fsp3) is 0.607. The predicted octanol–water partition coefficient (Wildman–Crippen LogP) is 4.65. The smallest absolute Gasteiger partial charge is 0.412 e. The Morgan fingerprint density at radius 2 is 1.84 bits per heavy atom. The summed E-state index contributed by atoms with van der Waals surface area (Å²) in [5.41, 5.74) is -1.55. The third kappa shape index (κ3) is 5.39. The second-order valence-corrected chi connectivity index (χ2v) is 13.1. The molecule has 1 aromatic carbocycles. The Morgan fingerprint density at radius 1 is 1.13 bits per heavy atom. The van der Waals surface area contributed by atoms with Gasteiger partial charge >= 0.3 is 12.1 Å². The first kappa shape index (κ1) is 26.9. The van der Waals surface area contributed by atoms with Gasteiger partial charge in [-0.15, -0.1) is 11.3 Å². The standard InChI is InChI=1S/C28H37N3O6S/c1-26(2,3)37-25(34)29-22-21(19-8-6-7-9-20(19)38-22)23(32)30-12-10-18(11-13-30)31-14-15-35-28(17-31)16-27(4,5)36-24(28)33/h6-9,18H,10-17H2,1-5H3,(H,29,34). The molecule has 2 amide bonds. The fourth-order valence-corrected chi connectivity index (χ4v) is 6.91. The molecule has 3 aliphatic heterocycles. The zero-order valence-electron chi connectivity index (χ0n) is 22.8. The molecular weight excluding hydrogens is 506 g/mol. The summed E-state index contributed by atoms with van der Waals surface area (Å²) in [5.74, 6) is -0.360. The molecule has 0 aliphatic carbocycles. The zero-order chi connectivity index (χ0) is 27.3. The molecule has 1 spiro atoms. The van der Waals surface area contributed by atoms with Gasteiger partial charge in [0.05, 0.1) is 12.2 Å². The first-order valence-corrected chi connectivity index (χ1v) is 14.1. The number of likely N-dealkylation sites (tertiary alicyclic amines) is 1. The molecular formula is C28H37N3O6S. The minimum Gasteiger partial charge on any atom is -0.457 e. The number of benzene rings is 1. The molecule has 0 radical (unpaired) electrons. The number of rotatable bonds is 3. The molecule has 2 aromatic rings. The van der Waals surface area contributed by atoms with Crippen molar-refractivity contribution in [3.8, 4) is 0 Å². The second kappa shape index (κ2) is 9.81. The van der Waals surface area contributed by atoms with Crippen LogP contribution in [-0.2, 0) is 19.0 Å². The van der Waals surface area contributed by atoms with Gasteiger partial charge in [-0.25, -0.2) is 9.59 Å². The van der Waals surface area contributed by atoms with Crippen LogP contribution in [0.5, 0.6) is 0 Å². The highest BCUT2D eigenvalue weighted by Gasteiger charge is 2.56. The Bertz CT molecular complexity index is 1240. The SMILES string of the molecule is CC(C)(C)OC(=O)Nc1sc2ccccc2c1C(=O)N1CCC(N2CCOC3(C2)CC(C)(C)OC3=O)CC1. The number of ether oxygens (including phenoxy) is 3. The zero-order valence-corrected chi connectivity index (χ0v) is 23.6. The van der Waals surface area contributed by atoms with E-state index in [0.29, 0.717) is 43.2 Å². The molecule has 1 atom stereocenters. The largest absolute Gasteiger partial charge is 0.457 e. The monoisotopic (exact) mass is 543 g/mol. The van der Waals surface area contributed by atoms with Gasteiger partial charge in [0, 0.05) is 48.7 Å². The van der Waals surface area contributed by atoms with Crippen LogP contribution in [0.1, 0.15) is 64.2 Å². The number of piperidine rings is 1. The van der Waals surface area contributed by atoms with Crippen LogP contribution in [0.4, 0.5) is 9.80 Å². The maximum absolute atomic E-state index is 13.8. The van der Waals surface area contributed by atoms with Crippen LogP contribution in [0.25, 0.3) is 10.1 Å². The van der Waals surface area contributed by atoms with Crippen LogP contribution in [0.15, 0.2) is 24.3 Å². The highest BCUT2D eigenvalue weighted by molar-refractivity contribution is 7.23. The first-order valence-electron chi connectivity index (χ1n) is 13.3. The molecule has 38 heavy (non-hydrogen) atoms. The summed E-state index contributed by atoms with van der Waals surface area (Å²) in [6, 6.07) is 7.95. The average molecular weight is 544 g/mol. The van der Waals surface area contributed by atoms with Gasteiger partial charge in [0.2, 0.25) is 0 Å². The number of nitrogens with one attached hydrogen (secondary N) is 1. The maximum Gasteiger partial charge on any atom is 0.412 e. The van der Waals surface area contributed by atoms with Crippen molar-refractivity contribution in [1.82, 2.24) is 9.80 Å². The van der Waals surface area contributed by atoms with E-state index >= 15 is 0 Å². The van der Waals surface area contributed by atoms with Gasteiger partial charge in [0.1, 0.15) is 16.2 Å². The number of hydrogen-bond donors (Lipinski definition) is 1. The van der Waals surface area contributed by atoms with Crippen molar-refractivity contribution in [1.29, 1.82) is 0 Å². The Balaban J connectivity index is 1.28. The number of hydrogen-bond acceptors (Lipinski definition) is 8. The van der Waals surface area contributed by atoms with E-state index in [1.165, 1.54) is 11.3 Å². The van der Waals surface area contributed by atoms with Crippen molar-refractivity contribution < 1.29 is 28.6 Å². The number of carbonyl (C=O) groups excluding carboxylic acids is 3. The molecule has 1 unspecified atom stereocenters. The van der Waals surface area contributed by atoms with E-state index < -0.39 is 22.9 Å². The summed E-state index contributed by atoms with van der Waals surface area (Å²) in [7, 11) is 0. The molecule has 10 heteroatoms. The molecule has 3 fully saturated rings. The lowest BCUT2D eigenvalue weighted by atomic mass is 9.90. The Morgan fingerprint density at radius 3 is 2.50 bits per heavy atom. The van der Waals surface area contributed by atoms with E-state index in [1.54, 1.807) is 20.8 Å². The number of nitrogens with zero attached hydrogens (tertiary/aromatic N) is 2. The maximum atomic E-state index is 13.8. The molecule has 3 aliphatic rings. The van der Waals surface area contributed by atoms with Crippen LogP contribution in [-0.4, -0.2) is 83.4 Å². The lowest BCUT2D eigenvalue weighted by molar-refractivity contribution is -0.172. The van der Waals surface area contributed by atoms with Gasteiger partial charge in [0.25, 0.3) is 5.91 Å². The van der Waals surface area contributed by atoms with E-state index in [4.69, 9.17) is 14.2 Å². The van der Waals surface area contributed by atoms with Crippen molar-refractivity contribution in [3.63, 3.8) is 0 Å². The van der Waals surface area contributed by atoms with E-state index in [-0.39, 0.29) is 17.9 Å².